The van der Waals surface area contributed by atoms with Gasteiger partial charge in [0.25, 0.3) is 0 Å². The van der Waals surface area contributed by atoms with Crippen LogP contribution >= 0.6 is 0 Å². The largest absolute Gasteiger partial charge is 0.313 e. The summed E-state index contributed by atoms with van der Waals surface area (Å²) in [7, 11) is 1.91. The van der Waals surface area contributed by atoms with Crippen LogP contribution in [0.5, 0.6) is 0 Å². The Bertz CT molecular complexity index is 265. The van der Waals surface area contributed by atoms with E-state index in [2.05, 4.69) is 20.8 Å². The van der Waals surface area contributed by atoms with Gasteiger partial charge in [0.2, 0.25) is 0 Å². The maximum absolute atomic E-state index is 3.97. The van der Waals surface area contributed by atoms with Crippen molar-refractivity contribution in [1.29, 1.82) is 0 Å². The molecule has 5 heteroatoms. The summed E-state index contributed by atoms with van der Waals surface area (Å²) in [4.78, 5) is 0. The molecule has 1 N–H and O–H groups in total. The normalized spacial score (nSPS) is 17.3. The summed E-state index contributed by atoms with van der Waals surface area (Å²) < 4.78 is 1.92. The molecule has 13 heavy (non-hydrogen) atoms. The number of nitrogens with one attached hydrogen (secondary N) is 1. The second-order valence-electron chi connectivity index (χ2n) is 3.60. The number of tetrazole rings is 1. The summed E-state index contributed by atoms with van der Waals surface area (Å²) in [6, 6.07) is 0. The Balaban J connectivity index is 1.96. The van der Waals surface area contributed by atoms with Crippen molar-refractivity contribution in [1.82, 2.24) is 25.5 Å². The van der Waals surface area contributed by atoms with Crippen LogP contribution in [0.1, 0.15) is 25.1 Å². The smallest absolute Gasteiger partial charge is 0.165 e. The number of hydrogen-bond donors (Lipinski definition) is 1. The minimum absolute atomic E-state index is 0.750. The van der Waals surface area contributed by atoms with E-state index in [4.69, 9.17) is 0 Å². The van der Waals surface area contributed by atoms with Crippen LogP contribution in [-0.4, -0.2) is 27.3 Å². The third kappa shape index (κ3) is 1.85. The molecule has 1 fully saturated rings. The maximum Gasteiger partial charge on any atom is 0.165 e. The Morgan fingerprint density at radius 1 is 1.54 bits per heavy atom. The lowest BCUT2D eigenvalue weighted by Gasteiger charge is -2.24. The predicted octanol–water partition coefficient (Wildman–Crippen LogP) is 0.193. The van der Waals surface area contributed by atoms with E-state index in [1.54, 1.807) is 0 Å². The Hall–Kier alpha value is -0.970. The van der Waals surface area contributed by atoms with Gasteiger partial charge < -0.3 is 5.32 Å². The van der Waals surface area contributed by atoms with Gasteiger partial charge in [-0.1, -0.05) is 6.42 Å². The van der Waals surface area contributed by atoms with Crippen molar-refractivity contribution in [2.75, 3.05) is 7.05 Å². The van der Waals surface area contributed by atoms with Crippen LogP contribution in [0.2, 0.25) is 0 Å². The standard InChI is InChI=1S/C8H15N5/c1-9-5-8-10-11-12-13(8)6-7-3-2-4-7/h7,9H,2-6H2,1H3. The lowest BCUT2D eigenvalue weighted by atomic mass is 9.85. The van der Waals surface area contributed by atoms with Gasteiger partial charge in [-0.25, -0.2) is 4.68 Å². The van der Waals surface area contributed by atoms with Crippen molar-refractivity contribution >= 4 is 0 Å². The van der Waals surface area contributed by atoms with Crippen molar-refractivity contribution in [2.24, 2.45) is 5.92 Å². The van der Waals surface area contributed by atoms with E-state index in [-0.39, 0.29) is 0 Å². The molecule has 0 unspecified atom stereocenters. The Labute approximate surface area is 77.5 Å². The molecule has 1 saturated carbocycles. The first-order valence-corrected chi connectivity index (χ1v) is 4.80. The summed E-state index contributed by atoms with van der Waals surface area (Å²) in [5.74, 6) is 1.74. The molecule has 0 aliphatic heterocycles. The molecule has 0 radical (unpaired) electrons. The number of aromatic nitrogens is 4. The van der Waals surface area contributed by atoms with Crippen LogP contribution in [0.15, 0.2) is 0 Å². The van der Waals surface area contributed by atoms with Gasteiger partial charge in [0, 0.05) is 6.54 Å². The summed E-state index contributed by atoms with van der Waals surface area (Å²) >= 11 is 0. The van der Waals surface area contributed by atoms with Gasteiger partial charge in [0.15, 0.2) is 5.82 Å². The molecule has 0 aromatic carbocycles. The van der Waals surface area contributed by atoms with Crippen LogP contribution in [0.4, 0.5) is 0 Å². The Kier molecular flexibility index (Phi) is 2.54. The predicted molar refractivity (Wildman–Crippen MR) is 47.9 cm³/mol. The lowest BCUT2D eigenvalue weighted by Crippen LogP contribution is -2.22. The van der Waals surface area contributed by atoms with Gasteiger partial charge in [-0.2, -0.15) is 0 Å². The van der Waals surface area contributed by atoms with Crippen LogP contribution in [0.25, 0.3) is 0 Å². The Morgan fingerprint density at radius 3 is 3.00 bits per heavy atom. The molecule has 0 saturated heterocycles. The first kappa shape index (κ1) is 8.62. The summed E-state index contributed by atoms with van der Waals surface area (Å²) in [6.07, 6.45) is 4.03. The molecule has 2 rings (SSSR count). The van der Waals surface area contributed by atoms with Gasteiger partial charge in [-0.05, 0) is 36.2 Å². The van der Waals surface area contributed by atoms with E-state index in [1.165, 1.54) is 19.3 Å². The summed E-state index contributed by atoms with van der Waals surface area (Å²) in [5.41, 5.74) is 0. The van der Waals surface area contributed by atoms with E-state index in [0.29, 0.717) is 0 Å². The fraction of sp³-hybridized carbons (Fsp3) is 0.875. The highest BCUT2D eigenvalue weighted by Crippen LogP contribution is 2.27. The van der Waals surface area contributed by atoms with Crippen LogP contribution in [0, 0.1) is 5.92 Å². The van der Waals surface area contributed by atoms with Crippen molar-refractivity contribution < 1.29 is 0 Å². The second kappa shape index (κ2) is 3.83. The molecule has 1 aliphatic rings. The average Bonchev–Trinajstić information content (AvgIpc) is 2.46. The fourth-order valence-corrected chi connectivity index (χ4v) is 1.57. The highest BCUT2D eigenvalue weighted by Gasteiger charge is 2.19. The summed E-state index contributed by atoms with van der Waals surface area (Å²) in [5, 5.41) is 14.7. The SMILES string of the molecule is CNCc1nnnn1CC1CCC1. The third-order valence-electron chi connectivity index (χ3n) is 2.60. The van der Waals surface area contributed by atoms with E-state index in [1.807, 2.05) is 11.7 Å². The molecule has 0 spiro atoms. The molecule has 1 aromatic heterocycles. The van der Waals surface area contributed by atoms with E-state index >= 15 is 0 Å². The van der Waals surface area contributed by atoms with Crippen LogP contribution in [-0.2, 0) is 13.1 Å². The van der Waals surface area contributed by atoms with Gasteiger partial charge >= 0.3 is 0 Å². The topological polar surface area (TPSA) is 55.6 Å². The van der Waals surface area contributed by atoms with Gasteiger partial charge in [-0.3, -0.25) is 0 Å². The quantitative estimate of drug-likeness (QED) is 0.720. The third-order valence-corrected chi connectivity index (χ3v) is 2.60. The minimum Gasteiger partial charge on any atom is -0.313 e. The zero-order valence-electron chi connectivity index (χ0n) is 7.90. The molecule has 0 amide bonds. The minimum atomic E-state index is 0.750. The second-order valence-corrected chi connectivity index (χ2v) is 3.60. The van der Waals surface area contributed by atoms with Crippen LogP contribution in [0.3, 0.4) is 0 Å². The van der Waals surface area contributed by atoms with E-state index in [9.17, 15) is 0 Å². The average molecular weight is 181 g/mol. The zero-order valence-corrected chi connectivity index (χ0v) is 7.90. The fourth-order valence-electron chi connectivity index (χ4n) is 1.57. The number of nitrogens with zero attached hydrogens (tertiary/aromatic N) is 4. The van der Waals surface area contributed by atoms with Crippen molar-refractivity contribution in [2.45, 2.75) is 32.4 Å². The van der Waals surface area contributed by atoms with Crippen molar-refractivity contribution in [3.8, 4) is 0 Å². The molecule has 0 atom stereocenters. The number of rotatable bonds is 4. The summed E-state index contributed by atoms with van der Waals surface area (Å²) in [6.45, 7) is 1.74. The van der Waals surface area contributed by atoms with Crippen molar-refractivity contribution in [3.63, 3.8) is 0 Å². The monoisotopic (exact) mass is 181 g/mol. The van der Waals surface area contributed by atoms with E-state index < -0.39 is 0 Å². The molecule has 0 bridgehead atoms. The van der Waals surface area contributed by atoms with Gasteiger partial charge in [0.1, 0.15) is 0 Å². The molecular formula is C8H15N5. The molecule has 1 aliphatic carbocycles. The van der Waals surface area contributed by atoms with Crippen molar-refractivity contribution in [3.05, 3.63) is 5.82 Å². The first-order valence-electron chi connectivity index (χ1n) is 4.80. The highest BCUT2D eigenvalue weighted by atomic mass is 15.5. The van der Waals surface area contributed by atoms with Crippen LogP contribution < -0.4 is 5.32 Å². The first-order chi connectivity index (χ1) is 6.40. The highest BCUT2D eigenvalue weighted by molar-refractivity contribution is 4.81. The van der Waals surface area contributed by atoms with Gasteiger partial charge in [-0.15, -0.1) is 5.10 Å². The molecule has 72 valence electrons. The zero-order chi connectivity index (χ0) is 9.10. The lowest BCUT2D eigenvalue weighted by molar-refractivity contribution is 0.260. The maximum atomic E-state index is 3.97. The number of hydrogen-bond acceptors (Lipinski definition) is 4. The molecule has 5 nitrogen and oxygen atoms in total. The molecule has 1 heterocycles. The Morgan fingerprint density at radius 2 is 2.38 bits per heavy atom. The molecular weight excluding hydrogens is 166 g/mol. The van der Waals surface area contributed by atoms with Gasteiger partial charge in [0.05, 0.1) is 6.54 Å². The molecule has 1 aromatic rings. The van der Waals surface area contributed by atoms with E-state index in [0.717, 1.165) is 24.8 Å².